The Morgan fingerprint density at radius 1 is 1.16 bits per heavy atom. The molecule has 2 aliphatic rings. The van der Waals surface area contributed by atoms with Crippen molar-refractivity contribution in [2.24, 2.45) is 0 Å². The molecule has 1 aromatic carbocycles. The Morgan fingerprint density at radius 3 is 2.68 bits per heavy atom. The quantitative estimate of drug-likeness (QED) is 0.737. The first-order valence-corrected chi connectivity index (χ1v) is 10.7. The molecule has 0 spiro atoms. The second-order valence-electron chi connectivity index (χ2n) is 8.42. The fourth-order valence-corrected chi connectivity index (χ4v) is 4.40. The number of nitrogens with zero attached hydrogens (tertiary/aromatic N) is 3. The third kappa shape index (κ3) is 4.62. The molecule has 2 aliphatic heterocycles. The fourth-order valence-electron chi connectivity index (χ4n) is 4.40. The Kier molecular flexibility index (Phi) is 6.34. The Morgan fingerprint density at radius 2 is 1.97 bits per heavy atom. The molecule has 1 aromatic heterocycles. The lowest BCUT2D eigenvalue weighted by Crippen LogP contribution is -2.62. The van der Waals surface area contributed by atoms with E-state index in [1.165, 1.54) is 0 Å². The zero-order valence-corrected chi connectivity index (χ0v) is 18.1. The van der Waals surface area contributed by atoms with E-state index in [2.05, 4.69) is 11.1 Å². The maximum absolute atomic E-state index is 13.3. The summed E-state index contributed by atoms with van der Waals surface area (Å²) in [6.45, 7) is 1.63. The molecule has 2 atom stereocenters. The third-order valence-corrected chi connectivity index (χ3v) is 5.93. The number of hydrogen-bond donors (Lipinski definition) is 0. The first-order valence-electron chi connectivity index (χ1n) is 10.7. The summed E-state index contributed by atoms with van der Waals surface area (Å²) < 4.78 is 11.7. The van der Waals surface area contributed by atoms with E-state index in [0.717, 1.165) is 29.5 Å². The van der Waals surface area contributed by atoms with Gasteiger partial charge in [-0.2, -0.15) is 0 Å². The molecular formula is C24H29N3O4. The van der Waals surface area contributed by atoms with E-state index < -0.39 is 11.7 Å². The highest BCUT2D eigenvalue weighted by molar-refractivity contribution is 5.88. The highest BCUT2D eigenvalue weighted by Gasteiger charge is 2.47. The summed E-state index contributed by atoms with van der Waals surface area (Å²) in [6, 6.07) is 12.0. The summed E-state index contributed by atoms with van der Waals surface area (Å²) >= 11 is 0. The van der Waals surface area contributed by atoms with Gasteiger partial charge in [0.15, 0.2) is 5.60 Å². The van der Waals surface area contributed by atoms with Crippen LogP contribution in [0.2, 0.25) is 0 Å². The van der Waals surface area contributed by atoms with Gasteiger partial charge in [-0.15, -0.1) is 0 Å². The van der Waals surface area contributed by atoms with Crippen LogP contribution >= 0.6 is 0 Å². The van der Waals surface area contributed by atoms with Gasteiger partial charge in [-0.25, -0.2) is 0 Å². The van der Waals surface area contributed by atoms with Gasteiger partial charge in [0.1, 0.15) is 6.10 Å². The van der Waals surface area contributed by atoms with Crippen LogP contribution in [-0.4, -0.2) is 78.7 Å². The Bertz CT molecular complexity index is 927. The van der Waals surface area contributed by atoms with Gasteiger partial charge >= 0.3 is 0 Å². The Hall–Kier alpha value is -2.77. The Labute approximate surface area is 183 Å². The number of likely N-dealkylation sites (N-methyl/N-ethyl adjacent to an activating group) is 1. The maximum atomic E-state index is 13.3. The highest BCUT2D eigenvalue weighted by atomic mass is 16.5. The van der Waals surface area contributed by atoms with Crippen LogP contribution in [0.25, 0.3) is 11.1 Å². The molecule has 2 fully saturated rings. The van der Waals surface area contributed by atoms with Crippen LogP contribution < -0.4 is 0 Å². The SMILES string of the molecule is CN(C)C(=O)C1(Cc2cccc(-c3ccncc3)c2)CN(C(=O)C2CCCO2)CCO1. The summed E-state index contributed by atoms with van der Waals surface area (Å²) in [7, 11) is 3.45. The fraction of sp³-hybridized carbons (Fsp3) is 0.458. The predicted octanol–water partition coefficient (Wildman–Crippen LogP) is 2.16. The molecule has 2 saturated heterocycles. The van der Waals surface area contributed by atoms with E-state index in [1.54, 1.807) is 36.3 Å². The molecule has 31 heavy (non-hydrogen) atoms. The van der Waals surface area contributed by atoms with Crippen molar-refractivity contribution < 1.29 is 19.1 Å². The zero-order valence-electron chi connectivity index (χ0n) is 18.1. The molecule has 0 bridgehead atoms. The van der Waals surface area contributed by atoms with Crippen molar-refractivity contribution in [3.63, 3.8) is 0 Å². The van der Waals surface area contributed by atoms with Crippen molar-refractivity contribution in [2.45, 2.75) is 31.0 Å². The van der Waals surface area contributed by atoms with Gasteiger partial charge in [0.05, 0.1) is 13.2 Å². The van der Waals surface area contributed by atoms with Gasteiger partial charge in [-0.05, 0) is 41.7 Å². The van der Waals surface area contributed by atoms with Gasteiger partial charge in [0.2, 0.25) is 0 Å². The summed E-state index contributed by atoms with van der Waals surface area (Å²) in [5.74, 6) is -0.172. The molecule has 2 aromatic rings. The van der Waals surface area contributed by atoms with Crippen molar-refractivity contribution in [3.05, 3.63) is 54.4 Å². The molecule has 3 heterocycles. The van der Waals surface area contributed by atoms with Gasteiger partial charge in [-0.3, -0.25) is 14.6 Å². The van der Waals surface area contributed by atoms with Crippen LogP contribution in [0.1, 0.15) is 18.4 Å². The summed E-state index contributed by atoms with van der Waals surface area (Å²) in [4.78, 5) is 33.7. The van der Waals surface area contributed by atoms with Gasteiger partial charge in [0.25, 0.3) is 11.8 Å². The minimum absolute atomic E-state index is 0.0396. The average Bonchev–Trinajstić information content (AvgIpc) is 3.34. The number of carbonyl (C=O) groups is 2. The molecule has 7 heteroatoms. The third-order valence-electron chi connectivity index (χ3n) is 5.93. The zero-order chi connectivity index (χ0) is 21.8. The van der Waals surface area contributed by atoms with Crippen LogP contribution in [0.15, 0.2) is 48.8 Å². The normalized spacial score (nSPS) is 23.5. The second kappa shape index (κ2) is 9.16. The van der Waals surface area contributed by atoms with E-state index in [9.17, 15) is 9.59 Å². The molecule has 0 aliphatic carbocycles. The van der Waals surface area contributed by atoms with Crippen LogP contribution in [0.5, 0.6) is 0 Å². The number of rotatable bonds is 5. The number of amides is 2. The lowest BCUT2D eigenvalue weighted by molar-refractivity contribution is -0.175. The minimum atomic E-state index is -1.12. The molecule has 0 radical (unpaired) electrons. The molecule has 164 valence electrons. The van der Waals surface area contributed by atoms with Gasteiger partial charge in [-0.1, -0.05) is 24.3 Å². The average molecular weight is 424 g/mol. The smallest absolute Gasteiger partial charge is 0.256 e. The maximum Gasteiger partial charge on any atom is 0.256 e. The lowest BCUT2D eigenvalue weighted by atomic mass is 9.89. The van der Waals surface area contributed by atoms with E-state index in [0.29, 0.717) is 26.2 Å². The summed E-state index contributed by atoms with van der Waals surface area (Å²) in [5, 5.41) is 0. The predicted molar refractivity (Wildman–Crippen MR) is 116 cm³/mol. The number of pyridine rings is 1. The lowest BCUT2D eigenvalue weighted by Gasteiger charge is -2.43. The second-order valence-corrected chi connectivity index (χ2v) is 8.42. The largest absolute Gasteiger partial charge is 0.368 e. The van der Waals surface area contributed by atoms with Crippen LogP contribution in [0, 0.1) is 0 Å². The van der Waals surface area contributed by atoms with Crippen LogP contribution in [0.4, 0.5) is 0 Å². The molecule has 0 N–H and O–H groups in total. The number of ether oxygens (including phenoxy) is 2. The monoisotopic (exact) mass is 423 g/mol. The first-order chi connectivity index (χ1) is 15.0. The summed E-state index contributed by atoms with van der Waals surface area (Å²) in [5.41, 5.74) is 1.98. The summed E-state index contributed by atoms with van der Waals surface area (Å²) in [6.07, 6.45) is 5.14. The van der Waals surface area contributed by atoms with Crippen LogP contribution in [-0.2, 0) is 25.5 Å². The molecule has 2 unspecified atom stereocenters. The van der Waals surface area contributed by atoms with Crippen molar-refractivity contribution in [2.75, 3.05) is 40.4 Å². The molecular weight excluding hydrogens is 394 g/mol. The van der Waals surface area contributed by atoms with E-state index >= 15 is 0 Å². The standard InChI is InChI=1S/C24H29N3O4/c1-26(2)23(29)24(17-27(12-14-31-24)22(28)21-7-4-13-30-21)16-18-5-3-6-20(15-18)19-8-10-25-11-9-19/h3,5-6,8-11,15,21H,4,7,12-14,16-17H2,1-2H3. The number of morpholine rings is 1. The number of benzene rings is 1. The number of aromatic nitrogens is 1. The molecule has 7 nitrogen and oxygen atoms in total. The highest BCUT2D eigenvalue weighted by Crippen LogP contribution is 2.29. The van der Waals surface area contributed by atoms with E-state index in [4.69, 9.17) is 9.47 Å². The van der Waals surface area contributed by atoms with Crippen molar-refractivity contribution >= 4 is 11.8 Å². The van der Waals surface area contributed by atoms with Gasteiger partial charge in [0, 0.05) is 46.1 Å². The molecule has 0 saturated carbocycles. The number of carbonyl (C=O) groups excluding carboxylic acids is 2. The van der Waals surface area contributed by atoms with E-state index in [-0.39, 0.29) is 18.4 Å². The molecule has 4 rings (SSSR count). The first kappa shape index (κ1) is 21.5. The molecule has 2 amide bonds. The Balaban J connectivity index is 1.61. The van der Waals surface area contributed by atoms with Crippen molar-refractivity contribution in [3.8, 4) is 11.1 Å². The van der Waals surface area contributed by atoms with Crippen molar-refractivity contribution in [1.82, 2.24) is 14.8 Å². The van der Waals surface area contributed by atoms with Crippen molar-refractivity contribution in [1.29, 1.82) is 0 Å². The van der Waals surface area contributed by atoms with Crippen LogP contribution in [0.3, 0.4) is 0 Å². The topological polar surface area (TPSA) is 72.0 Å². The number of hydrogen-bond acceptors (Lipinski definition) is 5. The van der Waals surface area contributed by atoms with E-state index in [1.807, 2.05) is 30.3 Å². The minimum Gasteiger partial charge on any atom is -0.368 e. The van der Waals surface area contributed by atoms with Gasteiger partial charge < -0.3 is 19.3 Å².